The van der Waals surface area contributed by atoms with Gasteiger partial charge in [-0.05, 0) is 35.9 Å². The van der Waals surface area contributed by atoms with Crippen molar-refractivity contribution in [2.75, 3.05) is 17.3 Å². The van der Waals surface area contributed by atoms with Gasteiger partial charge in [0.05, 0.1) is 21.4 Å². The van der Waals surface area contributed by atoms with Gasteiger partial charge in [0.25, 0.3) is 0 Å². The normalized spacial score (nSPS) is 11.3. The van der Waals surface area contributed by atoms with Crippen molar-refractivity contribution in [3.05, 3.63) is 58.9 Å². The van der Waals surface area contributed by atoms with Crippen LogP contribution in [0.15, 0.2) is 47.4 Å². The third-order valence-corrected chi connectivity index (χ3v) is 5.50. The molecule has 0 radical (unpaired) electrons. The lowest BCUT2D eigenvalue weighted by Crippen LogP contribution is -2.15. The van der Waals surface area contributed by atoms with Gasteiger partial charge in [-0.3, -0.25) is 4.79 Å². The van der Waals surface area contributed by atoms with Crippen LogP contribution < -0.4 is 5.32 Å². The first-order chi connectivity index (χ1) is 11.3. The van der Waals surface area contributed by atoms with Crippen molar-refractivity contribution in [3.8, 4) is 0 Å². The summed E-state index contributed by atoms with van der Waals surface area (Å²) in [5, 5.41) is 2.87. The second kappa shape index (κ2) is 8.00. The second-order valence-electron chi connectivity index (χ2n) is 5.08. The number of sulfone groups is 1. The number of halogens is 2. The van der Waals surface area contributed by atoms with Crippen LogP contribution in [0.3, 0.4) is 0 Å². The highest BCUT2D eigenvalue weighted by atomic mass is 35.5. The summed E-state index contributed by atoms with van der Waals surface area (Å²) in [5.41, 5.74) is 1.17. The van der Waals surface area contributed by atoms with E-state index in [-0.39, 0.29) is 33.1 Å². The number of thioether (sulfide) groups is 1. The Morgan fingerprint density at radius 2 is 1.88 bits per heavy atom. The second-order valence-corrected chi connectivity index (χ2v) is 8.49. The Morgan fingerprint density at radius 1 is 1.21 bits per heavy atom. The standard InChI is InChI=1S/C16H15ClFNO3S2/c1-24(21,22)13-6-7-14(17)15(8-13)19-16(20)10-23-9-11-2-4-12(18)5-3-11/h2-8H,9-10H2,1H3,(H,19,20). The molecule has 24 heavy (non-hydrogen) atoms. The predicted octanol–water partition coefficient (Wildman–Crippen LogP) is 3.75. The number of rotatable bonds is 6. The molecule has 1 N–H and O–H groups in total. The Morgan fingerprint density at radius 3 is 2.50 bits per heavy atom. The molecular weight excluding hydrogens is 373 g/mol. The van der Waals surface area contributed by atoms with E-state index in [1.165, 1.54) is 42.1 Å². The van der Waals surface area contributed by atoms with Crippen molar-refractivity contribution in [1.82, 2.24) is 0 Å². The minimum atomic E-state index is -3.38. The van der Waals surface area contributed by atoms with Gasteiger partial charge >= 0.3 is 0 Å². The minimum absolute atomic E-state index is 0.0844. The molecule has 0 aliphatic rings. The molecule has 0 aliphatic heterocycles. The van der Waals surface area contributed by atoms with Gasteiger partial charge in [0, 0.05) is 12.0 Å². The maximum Gasteiger partial charge on any atom is 0.234 e. The van der Waals surface area contributed by atoms with Gasteiger partial charge in [-0.2, -0.15) is 0 Å². The minimum Gasteiger partial charge on any atom is -0.324 e. The number of hydrogen-bond acceptors (Lipinski definition) is 4. The molecular formula is C16H15ClFNO3S2. The van der Waals surface area contributed by atoms with Gasteiger partial charge in [0.2, 0.25) is 5.91 Å². The van der Waals surface area contributed by atoms with Gasteiger partial charge in [0.1, 0.15) is 5.82 Å². The van der Waals surface area contributed by atoms with Crippen molar-refractivity contribution >= 4 is 44.8 Å². The quantitative estimate of drug-likeness (QED) is 0.819. The van der Waals surface area contributed by atoms with E-state index in [9.17, 15) is 17.6 Å². The third kappa shape index (κ3) is 5.51. The Kier molecular flexibility index (Phi) is 6.26. The number of hydrogen-bond donors (Lipinski definition) is 1. The highest BCUT2D eigenvalue weighted by molar-refractivity contribution is 7.99. The molecule has 128 valence electrons. The zero-order chi connectivity index (χ0) is 17.7. The molecule has 4 nitrogen and oxygen atoms in total. The molecule has 2 aromatic rings. The summed E-state index contributed by atoms with van der Waals surface area (Å²) >= 11 is 7.34. The summed E-state index contributed by atoms with van der Waals surface area (Å²) in [7, 11) is -3.38. The Hall–Kier alpha value is -1.57. The lowest BCUT2D eigenvalue weighted by atomic mass is 10.2. The van der Waals surface area contributed by atoms with E-state index in [0.717, 1.165) is 11.8 Å². The first-order valence-corrected chi connectivity index (χ1v) is 10.3. The number of anilines is 1. The van der Waals surface area contributed by atoms with Crippen molar-refractivity contribution in [2.24, 2.45) is 0 Å². The van der Waals surface area contributed by atoms with E-state index in [2.05, 4.69) is 5.32 Å². The summed E-state index contributed by atoms with van der Waals surface area (Å²) in [6, 6.07) is 10.2. The number of nitrogens with one attached hydrogen (secondary N) is 1. The van der Waals surface area contributed by atoms with Crippen LogP contribution in [-0.4, -0.2) is 26.3 Å². The fraction of sp³-hybridized carbons (Fsp3) is 0.188. The van der Waals surface area contributed by atoms with Crippen LogP contribution in [0.1, 0.15) is 5.56 Å². The van der Waals surface area contributed by atoms with Crippen LogP contribution >= 0.6 is 23.4 Å². The van der Waals surface area contributed by atoms with Gasteiger partial charge in [-0.1, -0.05) is 23.7 Å². The number of amides is 1. The van der Waals surface area contributed by atoms with E-state index in [1.807, 2.05) is 0 Å². The molecule has 0 saturated carbocycles. The molecule has 0 unspecified atom stereocenters. The summed E-state index contributed by atoms with van der Waals surface area (Å²) in [5.74, 6) is 0.123. The van der Waals surface area contributed by atoms with Crippen molar-refractivity contribution in [2.45, 2.75) is 10.6 Å². The maximum atomic E-state index is 12.8. The van der Waals surface area contributed by atoms with Crippen molar-refractivity contribution in [3.63, 3.8) is 0 Å². The first kappa shape index (κ1) is 18.8. The number of carbonyl (C=O) groups is 1. The smallest absolute Gasteiger partial charge is 0.234 e. The molecule has 1 amide bonds. The van der Waals surface area contributed by atoms with Crippen LogP contribution in [0.2, 0.25) is 5.02 Å². The summed E-state index contributed by atoms with van der Waals surface area (Å²) in [6.45, 7) is 0. The zero-order valence-electron chi connectivity index (χ0n) is 12.8. The molecule has 0 aromatic heterocycles. The van der Waals surface area contributed by atoms with E-state index in [4.69, 9.17) is 11.6 Å². The highest BCUT2D eigenvalue weighted by Gasteiger charge is 2.12. The van der Waals surface area contributed by atoms with Gasteiger partial charge in [-0.25, -0.2) is 12.8 Å². The van der Waals surface area contributed by atoms with Crippen LogP contribution in [0.4, 0.5) is 10.1 Å². The summed E-state index contributed by atoms with van der Waals surface area (Å²) in [6.07, 6.45) is 1.08. The Bertz CT molecular complexity index is 839. The molecule has 0 saturated heterocycles. The molecule has 0 fully saturated rings. The molecule has 2 aromatic carbocycles. The molecule has 2 rings (SSSR count). The SMILES string of the molecule is CS(=O)(=O)c1ccc(Cl)c(NC(=O)CSCc2ccc(F)cc2)c1. The van der Waals surface area contributed by atoms with E-state index in [0.29, 0.717) is 5.75 Å². The van der Waals surface area contributed by atoms with Crippen LogP contribution in [0, 0.1) is 5.82 Å². The Labute approximate surface area is 149 Å². The highest BCUT2D eigenvalue weighted by Crippen LogP contribution is 2.25. The van der Waals surface area contributed by atoms with Crippen molar-refractivity contribution < 1.29 is 17.6 Å². The molecule has 8 heteroatoms. The largest absolute Gasteiger partial charge is 0.324 e. The van der Waals surface area contributed by atoms with Crippen LogP contribution in [-0.2, 0) is 20.4 Å². The lowest BCUT2D eigenvalue weighted by Gasteiger charge is -2.09. The molecule has 0 bridgehead atoms. The van der Waals surface area contributed by atoms with Gasteiger partial charge in [0.15, 0.2) is 9.84 Å². The fourth-order valence-corrected chi connectivity index (χ4v) is 3.46. The fourth-order valence-electron chi connectivity index (χ4n) is 1.86. The molecule has 0 heterocycles. The van der Waals surface area contributed by atoms with E-state index >= 15 is 0 Å². The maximum absolute atomic E-state index is 12.8. The average Bonchev–Trinajstić information content (AvgIpc) is 2.50. The summed E-state index contributed by atoms with van der Waals surface area (Å²) < 4.78 is 35.9. The third-order valence-electron chi connectivity index (χ3n) is 3.06. The first-order valence-electron chi connectivity index (χ1n) is 6.87. The van der Waals surface area contributed by atoms with Gasteiger partial charge in [-0.15, -0.1) is 11.8 Å². The van der Waals surface area contributed by atoms with Crippen molar-refractivity contribution in [1.29, 1.82) is 0 Å². The molecule has 0 spiro atoms. The number of benzene rings is 2. The topological polar surface area (TPSA) is 63.2 Å². The number of carbonyl (C=O) groups excluding carboxylic acids is 1. The monoisotopic (exact) mass is 387 g/mol. The summed E-state index contributed by atoms with van der Waals surface area (Å²) in [4.78, 5) is 12.1. The Balaban J connectivity index is 1.93. The average molecular weight is 388 g/mol. The van der Waals surface area contributed by atoms with E-state index < -0.39 is 9.84 Å². The predicted molar refractivity (Wildman–Crippen MR) is 95.8 cm³/mol. The zero-order valence-corrected chi connectivity index (χ0v) is 15.1. The molecule has 0 aliphatic carbocycles. The van der Waals surface area contributed by atoms with Gasteiger partial charge < -0.3 is 5.32 Å². The van der Waals surface area contributed by atoms with E-state index in [1.54, 1.807) is 12.1 Å². The van der Waals surface area contributed by atoms with Crippen LogP contribution in [0.5, 0.6) is 0 Å². The lowest BCUT2D eigenvalue weighted by molar-refractivity contribution is -0.113. The molecule has 0 atom stereocenters. The van der Waals surface area contributed by atoms with Crippen LogP contribution in [0.25, 0.3) is 0 Å².